The predicted molar refractivity (Wildman–Crippen MR) is 67.0 cm³/mol. The van der Waals surface area contributed by atoms with E-state index in [1.807, 2.05) is 29.6 Å². The molecule has 4 nitrogen and oxygen atoms in total. The molecule has 2 aromatic rings. The van der Waals surface area contributed by atoms with Crippen LogP contribution in [0.3, 0.4) is 0 Å². The molecule has 2 heterocycles. The van der Waals surface area contributed by atoms with Gasteiger partial charge >= 0.3 is 0 Å². The quantitative estimate of drug-likeness (QED) is 0.584. The van der Waals surface area contributed by atoms with Crippen molar-refractivity contribution < 1.29 is 0 Å². The van der Waals surface area contributed by atoms with Gasteiger partial charge in [0, 0.05) is 19.4 Å². The van der Waals surface area contributed by atoms with Crippen LogP contribution in [0.1, 0.15) is 0 Å². The first kappa shape index (κ1) is 11.1. The molecule has 0 unspecified atom stereocenters. The molecule has 0 aliphatic carbocycles. The Morgan fingerprint density at radius 2 is 1.87 bits per heavy atom. The third-order valence-electron chi connectivity index (χ3n) is 1.79. The molecule has 78 valence electrons. The zero-order valence-corrected chi connectivity index (χ0v) is 11.2. The third kappa shape index (κ3) is 2.09. The van der Waals surface area contributed by atoms with Crippen molar-refractivity contribution in [1.82, 2.24) is 19.5 Å². The zero-order chi connectivity index (χ0) is 11.0. The van der Waals surface area contributed by atoms with Crippen LogP contribution in [0.4, 0.5) is 0 Å². The Morgan fingerprint density at radius 3 is 2.33 bits per heavy atom. The number of aryl methyl sites for hydroxylation is 1. The van der Waals surface area contributed by atoms with Crippen LogP contribution in [0, 0.1) is 3.57 Å². The molecule has 15 heavy (non-hydrogen) atoms. The maximum atomic E-state index is 5.91. The number of aromatic nitrogens is 4. The standard InChI is InChI=1S/C8H5Cl2IN4/c1-15-3-2-12-8(15)7-13-5(9)4(11)6(10)14-7/h2-3H,1H3. The van der Waals surface area contributed by atoms with Crippen LogP contribution < -0.4 is 0 Å². The molecule has 0 fully saturated rings. The molecule has 0 saturated carbocycles. The molecular weight excluding hydrogens is 350 g/mol. The van der Waals surface area contributed by atoms with Crippen LogP contribution in [0.5, 0.6) is 0 Å². The summed E-state index contributed by atoms with van der Waals surface area (Å²) in [7, 11) is 1.85. The predicted octanol–water partition coefficient (Wildman–Crippen LogP) is 2.79. The highest BCUT2D eigenvalue weighted by molar-refractivity contribution is 14.1. The second kappa shape index (κ2) is 4.23. The minimum Gasteiger partial charge on any atom is -0.331 e. The van der Waals surface area contributed by atoms with Gasteiger partial charge in [0.2, 0.25) is 0 Å². The van der Waals surface area contributed by atoms with Crippen molar-refractivity contribution in [2.45, 2.75) is 0 Å². The molecule has 7 heteroatoms. The number of rotatable bonds is 1. The summed E-state index contributed by atoms with van der Waals surface area (Å²) in [5, 5.41) is 0.683. The van der Waals surface area contributed by atoms with Crippen LogP contribution in [0.15, 0.2) is 12.4 Å². The van der Waals surface area contributed by atoms with Crippen molar-refractivity contribution in [1.29, 1.82) is 0 Å². The molecule has 0 saturated heterocycles. The van der Waals surface area contributed by atoms with E-state index in [1.165, 1.54) is 0 Å². The Labute approximate surface area is 110 Å². The van der Waals surface area contributed by atoms with E-state index in [-0.39, 0.29) is 0 Å². The Bertz CT molecular complexity index is 488. The fourth-order valence-corrected chi connectivity index (χ4v) is 1.70. The summed E-state index contributed by atoms with van der Waals surface area (Å²) in [5.41, 5.74) is 0. The molecular formula is C8H5Cl2IN4. The van der Waals surface area contributed by atoms with E-state index in [4.69, 9.17) is 23.2 Å². The average Bonchev–Trinajstić information content (AvgIpc) is 2.60. The van der Waals surface area contributed by atoms with Gasteiger partial charge in [0.15, 0.2) is 11.6 Å². The second-order valence-electron chi connectivity index (χ2n) is 2.80. The first-order valence-corrected chi connectivity index (χ1v) is 5.79. The smallest absolute Gasteiger partial charge is 0.198 e. The average molecular weight is 355 g/mol. The summed E-state index contributed by atoms with van der Waals surface area (Å²) in [5.74, 6) is 1.06. The number of hydrogen-bond acceptors (Lipinski definition) is 3. The molecule has 2 aromatic heterocycles. The molecule has 0 N–H and O–H groups in total. The van der Waals surface area contributed by atoms with E-state index in [2.05, 4.69) is 15.0 Å². The lowest BCUT2D eigenvalue weighted by Crippen LogP contribution is -1.99. The van der Waals surface area contributed by atoms with Gasteiger partial charge in [-0.1, -0.05) is 23.2 Å². The largest absolute Gasteiger partial charge is 0.331 e. The number of imidazole rings is 1. The number of halogens is 3. The molecule has 0 spiro atoms. The van der Waals surface area contributed by atoms with Crippen LogP contribution in [0.2, 0.25) is 10.3 Å². The lowest BCUT2D eigenvalue weighted by atomic mass is 10.5. The highest BCUT2D eigenvalue weighted by Gasteiger charge is 2.12. The second-order valence-corrected chi connectivity index (χ2v) is 4.60. The highest BCUT2D eigenvalue weighted by Crippen LogP contribution is 2.25. The topological polar surface area (TPSA) is 43.6 Å². The van der Waals surface area contributed by atoms with Gasteiger partial charge in [-0.05, 0) is 22.6 Å². The van der Waals surface area contributed by atoms with Gasteiger partial charge in [-0.25, -0.2) is 15.0 Å². The Hall–Kier alpha value is -0.400. The molecule has 0 bridgehead atoms. The minimum absolute atomic E-state index is 0.341. The van der Waals surface area contributed by atoms with Gasteiger partial charge in [-0.15, -0.1) is 0 Å². The summed E-state index contributed by atoms with van der Waals surface area (Å²) in [6, 6.07) is 0. The summed E-state index contributed by atoms with van der Waals surface area (Å²) in [6.45, 7) is 0. The van der Waals surface area contributed by atoms with Gasteiger partial charge in [-0.3, -0.25) is 0 Å². The SMILES string of the molecule is Cn1ccnc1-c1nc(Cl)c(I)c(Cl)n1. The van der Waals surface area contributed by atoms with Crippen LogP contribution in [-0.4, -0.2) is 19.5 Å². The summed E-state index contributed by atoms with van der Waals surface area (Å²) >= 11 is 13.8. The Morgan fingerprint density at radius 1 is 1.27 bits per heavy atom. The van der Waals surface area contributed by atoms with Gasteiger partial charge in [0.1, 0.15) is 10.3 Å². The van der Waals surface area contributed by atoms with E-state index >= 15 is 0 Å². The molecule has 0 aliphatic heterocycles. The normalized spacial score (nSPS) is 10.7. The van der Waals surface area contributed by atoms with E-state index in [1.54, 1.807) is 17.0 Å². The lowest BCUT2D eigenvalue weighted by Gasteiger charge is -2.03. The van der Waals surface area contributed by atoms with Crippen LogP contribution in [-0.2, 0) is 7.05 Å². The fourth-order valence-electron chi connectivity index (χ4n) is 1.08. The highest BCUT2D eigenvalue weighted by atomic mass is 127. The van der Waals surface area contributed by atoms with E-state index < -0.39 is 0 Å². The van der Waals surface area contributed by atoms with Crippen LogP contribution >= 0.6 is 45.8 Å². The van der Waals surface area contributed by atoms with E-state index in [9.17, 15) is 0 Å². The van der Waals surface area contributed by atoms with Crippen LogP contribution in [0.25, 0.3) is 11.6 Å². The molecule has 2 rings (SSSR count). The Kier molecular flexibility index (Phi) is 3.13. The van der Waals surface area contributed by atoms with Crippen molar-refractivity contribution in [3.05, 3.63) is 26.3 Å². The van der Waals surface area contributed by atoms with E-state index in [0.29, 0.717) is 25.5 Å². The molecule has 0 aliphatic rings. The fraction of sp³-hybridized carbons (Fsp3) is 0.125. The van der Waals surface area contributed by atoms with Gasteiger partial charge in [0.05, 0.1) is 3.57 Å². The van der Waals surface area contributed by atoms with Gasteiger partial charge < -0.3 is 4.57 Å². The monoisotopic (exact) mass is 354 g/mol. The molecule has 0 aromatic carbocycles. The van der Waals surface area contributed by atoms with Crippen molar-refractivity contribution in [2.75, 3.05) is 0 Å². The van der Waals surface area contributed by atoms with Gasteiger partial charge in [0.25, 0.3) is 0 Å². The maximum Gasteiger partial charge on any atom is 0.198 e. The zero-order valence-electron chi connectivity index (χ0n) is 7.58. The number of nitrogens with zero attached hydrogens (tertiary/aromatic N) is 4. The van der Waals surface area contributed by atoms with Crippen molar-refractivity contribution in [3.63, 3.8) is 0 Å². The molecule has 0 amide bonds. The first-order valence-electron chi connectivity index (χ1n) is 3.96. The minimum atomic E-state index is 0.341. The third-order valence-corrected chi connectivity index (χ3v) is 4.00. The summed E-state index contributed by atoms with van der Waals surface area (Å²) < 4.78 is 2.45. The molecule has 0 radical (unpaired) electrons. The van der Waals surface area contributed by atoms with Crippen molar-refractivity contribution in [2.24, 2.45) is 7.05 Å². The van der Waals surface area contributed by atoms with Gasteiger partial charge in [-0.2, -0.15) is 0 Å². The van der Waals surface area contributed by atoms with Crippen molar-refractivity contribution >= 4 is 45.8 Å². The lowest BCUT2D eigenvalue weighted by molar-refractivity contribution is 0.905. The summed E-state index contributed by atoms with van der Waals surface area (Å²) in [6.07, 6.45) is 3.47. The molecule has 0 atom stereocenters. The van der Waals surface area contributed by atoms with E-state index in [0.717, 1.165) is 0 Å². The maximum absolute atomic E-state index is 5.91. The summed E-state index contributed by atoms with van der Waals surface area (Å²) in [4.78, 5) is 12.3. The number of hydrogen-bond donors (Lipinski definition) is 0. The first-order chi connectivity index (χ1) is 7.09. The van der Waals surface area contributed by atoms with Crippen molar-refractivity contribution in [3.8, 4) is 11.6 Å². The Balaban J connectivity index is 2.60.